The molecule has 0 aliphatic carbocycles. The first-order chi connectivity index (χ1) is 12.4. The fraction of sp³-hybridized carbons (Fsp3) is 0.250. The van der Waals surface area contributed by atoms with Gasteiger partial charge < -0.3 is 9.88 Å². The van der Waals surface area contributed by atoms with Crippen molar-refractivity contribution in [3.8, 4) is 0 Å². The molecule has 0 radical (unpaired) electrons. The van der Waals surface area contributed by atoms with E-state index in [0.717, 1.165) is 17.7 Å². The first-order valence-corrected chi connectivity index (χ1v) is 8.86. The quantitative estimate of drug-likeness (QED) is 0.744. The van der Waals surface area contributed by atoms with Crippen LogP contribution < -0.4 is 10.7 Å². The van der Waals surface area contributed by atoms with E-state index in [4.69, 9.17) is 11.6 Å². The van der Waals surface area contributed by atoms with Crippen molar-refractivity contribution in [2.75, 3.05) is 5.32 Å². The Morgan fingerprint density at radius 1 is 1.23 bits per heavy atom. The summed E-state index contributed by atoms with van der Waals surface area (Å²) < 4.78 is 1.86. The standard InChI is InChI=1S/C20H20ClN3O2/c1-4-9-24-11-16(18(25)15-8-6-13(3)22-19(15)24)20(26)23-14-7-5-12(2)17(21)10-14/h5-8,10-11H,4,9H2,1-3H3,(H,23,26). The van der Waals surface area contributed by atoms with Gasteiger partial charge in [0.05, 0.1) is 5.39 Å². The third-order valence-corrected chi connectivity index (χ3v) is 4.61. The number of aromatic nitrogens is 2. The smallest absolute Gasteiger partial charge is 0.261 e. The molecule has 134 valence electrons. The normalized spacial score (nSPS) is 10.9. The molecule has 1 amide bonds. The first-order valence-electron chi connectivity index (χ1n) is 8.49. The van der Waals surface area contributed by atoms with Crippen molar-refractivity contribution in [2.45, 2.75) is 33.7 Å². The second-order valence-electron chi connectivity index (χ2n) is 6.31. The molecule has 0 bridgehead atoms. The van der Waals surface area contributed by atoms with Crippen LogP contribution >= 0.6 is 11.6 Å². The van der Waals surface area contributed by atoms with Crippen molar-refractivity contribution in [1.29, 1.82) is 0 Å². The van der Waals surface area contributed by atoms with Gasteiger partial charge in [0, 0.05) is 29.1 Å². The zero-order valence-electron chi connectivity index (χ0n) is 15.0. The zero-order chi connectivity index (χ0) is 18.8. The number of hydrogen-bond donors (Lipinski definition) is 1. The van der Waals surface area contributed by atoms with E-state index in [-0.39, 0.29) is 11.0 Å². The number of aryl methyl sites for hydroxylation is 3. The molecule has 1 aromatic carbocycles. The number of carbonyl (C=O) groups is 1. The number of nitrogens with zero attached hydrogens (tertiary/aromatic N) is 2. The summed E-state index contributed by atoms with van der Waals surface area (Å²) >= 11 is 6.11. The van der Waals surface area contributed by atoms with Crippen molar-refractivity contribution in [3.63, 3.8) is 0 Å². The van der Waals surface area contributed by atoms with E-state index < -0.39 is 5.91 Å². The van der Waals surface area contributed by atoms with Gasteiger partial charge in [-0.1, -0.05) is 24.6 Å². The van der Waals surface area contributed by atoms with Crippen LogP contribution in [0.2, 0.25) is 5.02 Å². The first kappa shape index (κ1) is 18.1. The summed E-state index contributed by atoms with van der Waals surface area (Å²) in [5.41, 5.74) is 2.67. The van der Waals surface area contributed by atoms with Crippen molar-refractivity contribution in [3.05, 3.63) is 68.6 Å². The summed E-state index contributed by atoms with van der Waals surface area (Å²) in [5, 5.41) is 3.76. The summed E-state index contributed by atoms with van der Waals surface area (Å²) in [6.45, 7) is 6.47. The predicted octanol–water partition coefficient (Wildman–Crippen LogP) is 4.33. The van der Waals surface area contributed by atoms with Gasteiger partial charge in [0.1, 0.15) is 11.2 Å². The van der Waals surface area contributed by atoms with E-state index in [1.165, 1.54) is 0 Å². The van der Waals surface area contributed by atoms with Crippen LogP contribution in [0.4, 0.5) is 5.69 Å². The third-order valence-electron chi connectivity index (χ3n) is 4.20. The molecule has 3 aromatic rings. The number of pyridine rings is 2. The Balaban J connectivity index is 2.07. The highest BCUT2D eigenvalue weighted by Gasteiger charge is 2.16. The number of anilines is 1. The number of carbonyl (C=O) groups excluding carboxylic acids is 1. The Bertz CT molecular complexity index is 1060. The molecule has 2 aromatic heterocycles. The maximum atomic E-state index is 12.8. The topological polar surface area (TPSA) is 64.0 Å². The Labute approximate surface area is 156 Å². The fourth-order valence-corrected chi connectivity index (χ4v) is 2.98. The van der Waals surface area contributed by atoms with Gasteiger partial charge in [-0.25, -0.2) is 4.98 Å². The van der Waals surface area contributed by atoms with Gasteiger partial charge in [0.15, 0.2) is 0 Å². The molecule has 0 atom stereocenters. The molecule has 0 unspecified atom stereocenters. The van der Waals surface area contributed by atoms with Crippen molar-refractivity contribution in [2.24, 2.45) is 0 Å². The van der Waals surface area contributed by atoms with Gasteiger partial charge >= 0.3 is 0 Å². The van der Waals surface area contributed by atoms with Crippen molar-refractivity contribution < 1.29 is 4.79 Å². The summed E-state index contributed by atoms with van der Waals surface area (Å²) in [5.74, 6) is -0.456. The Morgan fingerprint density at radius 3 is 2.69 bits per heavy atom. The number of benzene rings is 1. The lowest BCUT2D eigenvalue weighted by Crippen LogP contribution is -2.24. The monoisotopic (exact) mass is 369 g/mol. The lowest BCUT2D eigenvalue weighted by molar-refractivity contribution is 0.102. The van der Waals surface area contributed by atoms with E-state index in [1.54, 1.807) is 30.5 Å². The van der Waals surface area contributed by atoms with Crippen LogP contribution in [0.15, 0.2) is 41.3 Å². The minimum atomic E-state index is -0.456. The average Bonchev–Trinajstić information content (AvgIpc) is 2.60. The molecule has 5 nitrogen and oxygen atoms in total. The number of nitrogens with one attached hydrogen (secondary N) is 1. The van der Waals surface area contributed by atoms with Crippen LogP contribution in [0, 0.1) is 13.8 Å². The molecule has 3 rings (SSSR count). The molecule has 0 fully saturated rings. The van der Waals surface area contributed by atoms with Crippen LogP contribution in [-0.4, -0.2) is 15.5 Å². The third kappa shape index (κ3) is 3.48. The molecule has 0 aliphatic rings. The van der Waals surface area contributed by atoms with Crippen LogP contribution in [0.5, 0.6) is 0 Å². The highest BCUT2D eigenvalue weighted by atomic mass is 35.5. The Morgan fingerprint density at radius 2 is 2.00 bits per heavy atom. The number of hydrogen-bond acceptors (Lipinski definition) is 3. The van der Waals surface area contributed by atoms with Crippen LogP contribution in [0.3, 0.4) is 0 Å². The predicted molar refractivity (Wildman–Crippen MR) is 105 cm³/mol. The number of fused-ring (bicyclic) bond motifs is 1. The van der Waals surface area contributed by atoms with Gasteiger partial charge in [-0.05, 0) is 50.1 Å². The highest BCUT2D eigenvalue weighted by Crippen LogP contribution is 2.20. The van der Waals surface area contributed by atoms with E-state index in [2.05, 4.69) is 10.3 Å². The molecular formula is C20H20ClN3O2. The van der Waals surface area contributed by atoms with Crippen molar-refractivity contribution in [1.82, 2.24) is 9.55 Å². The molecule has 2 heterocycles. The maximum absolute atomic E-state index is 12.8. The average molecular weight is 370 g/mol. The lowest BCUT2D eigenvalue weighted by atomic mass is 10.1. The van der Waals surface area contributed by atoms with E-state index in [1.807, 2.05) is 31.4 Å². The minimum absolute atomic E-state index is 0.0910. The maximum Gasteiger partial charge on any atom is 0.261 e. The second-order valence-corrected chi connectivity index (χ2v) is 6.71. The second kappa shape index (κ2) is 7.30. The molecular weight excluding hydrogens is 350 g/mol. The molecule has 0 saturated carbocycles. The van der Waals surface area contributed by atoms with Crippen LogP contribution in [0.1, 0.15) is 35.0 Å². The Hall–Kier alpha value is -2.66. The number of halogens is 1. The SMILES string of the molecule is CCCn1cc(C(=O)Nc2ccc(C)c(Cl)c2)c(=O)c2ccc(C)nc21. The fourth-order valence-electron chi connectivity index (χ4n) is 2.80. The summed E-state index contributed by atoms with van der Waals surface area (Å²) in [6.07, 6.45) is 2.45. The lowest BCUT2D eigenvalue weighted by Gasteiger charge is -2.13. The largest absolute Gasteiger partial charge is 0.331 e. The van der Waals surface area contributed by atoms with Crippen molar-refractivity contribution >= 4 is 34.2 Å². The molecule has 0 aliphatic heterocycles. The Kier molecular flexibility index (Phi) is 5.09. The van der Waals surface area contributed by atoms with Gasteiger partial charge in [0.25, 0.3) is 5.91 Å². The molecule has 26 heavy (non-hydrogen) atoms. The van der Waals surface area contributed by atoms with Gasteiger partial charge in [-0.3, -0.25) is 9.59 Å². The van der Waals surface area contributed by atoms with E-state index in [0.29, 0.717) is 28.3 Å². The van der Waals surface area contributed by atoms with Crippen LogP contribution in [-0.2, 0) is 6.54 Å². The molecule has 0 saturated heterocycles. The van der Waals surface area contributed by atoms with Gasteiger partial charge in [0.2, 0.25) is 5.43 Å². The summed E-state index contributed by atoms with van der Waals surface area (Å²) in [4.78, 5) is 30.0. The number of rotatable bonds is 4. The summed E-state index contributed by atoms with van der Waals surface area (Å²) in [7, 11) is 0. The van der Waals surface area contributed by atoms with Gasteiger partial charge in [-0.15, -0.1) is 0 Å². The highest BCUT2D eigenvalue weighted by molar-refractivity contribution is 6.31. The molecule has 6 heteroatoms. The molecule has 1 N–H and O–H groups in total. The summed E-state index contributed by atoms with van der Waals surface area (Å²) in [6, 6.07) is 8.76. The van der Waals surface area contributed by atoms with Gasteiger partial charge in [-0.2, -0.15) is 0 Å². The molecule has 0 spiro atoms. The number of amides is 1. The zero-order valence-corrected chi connectivity index (χ0v) is 15.7. The van der Waals surface area contributed by atoms with Crippen LogP contribution in [0.25, 0.3) is 11.0 Å². The van der Waals surface area contributed by atoms with E-state index >= 15 is 0 Å². The van der Waals surface area contributed by atoms with E-state index in [9.17, 15) is 9.59 Å². The minimum Gasteiger partial charge on any atom is -0.331 e.